The largest absolute Gasteiger partial charge is 0.481 e. The van der Waals surface area contributed by atoms with Crippen LogP contribution in [-0.4, -0.2) is 40.7 Å². The summed E-state index contributed by atoms with van der Waals surface area (Å²) in [5.41, 5.74) is 0.574. The van der Waals surface area contributed by atoms with E-state index in [1.54, 1.807) is 0 Å². The predicted octanol–water partition coefficient (Wildman–Crippen LogP) is 1.52. The number of rotatable bonds is 8. The summed E-state index contributed by atoms with van der Waals surface area (Å²) < 4.78 is 13.2. The highest BCUT2D eigenvalue weighted by molar-refractivity contribution is 6.01. The van der Waals surface area contributed by atoms with Crippen molar-refractivity contribution in [3.8, 4) is 0 Å². The molecule has 0 bridgehead atoms. The Morgan fingerprint density at radius 3 is 2.52 bits per heavy atom. The number of carboxylic acid groups (broad SMARTS) is 1. The van der Waals surface area contributed by atoms with E-state index in [4.69, 9.17) is 5.11 Å². The van der Waals surface area contributed by atoms with Gasteiger partial charge >= 0.3 is 5.97 Å². The van der Waals surface area contributed by atoms with Crippen LogP contribution in [0.25, 0.3) is 0 Å². The van der Waals surface area contributed by atoms with Gasteiger partial charge in [0, 0.05) is 11.6 Å². The quantitative estimate of drug-likeness (QED) is 0.633. The molecule has 1 aromatic rings. The number of nitrogens with one attached hydrogen (secondary N) is 1. The lowest BCUT2D eigenvalue weighted by molar-refractivity contribution is -0.137. The summed E-state index contributed by atoms with van der Waals surface area (Å²) in [5.74, 6) is -1.96. The van der Waals surface area contributed by atoms with E-state index in [0.717, 1.165) is 0 Å². The fourth-order valence-corrected chi connectivity index (χ4v) is 1.99. The van der Waals surface area contributed by atoms with Gasteiger partial charge in [0.25, 0.3) is 0 Å². The van der Waals surface area contributed by atoms with Gasteiger partial charge in [-0.25, -0.2) is 4.39 Å². The van der Waals surface area contributed by atoms with Gasteiger partial charge in [-0.3, -0.25) is 9.59 Å². The van der Waals surface area contributed by atoms with Crippen LogP contribution in [0.2, 0.25) is 0 Å². The smallest absolute Gasteiger partial charge is 0.305 e. The Morgan fingerprint density at radius 2 is 2.05 bits per heavy atom. The summed E-state index contributed by atoms with van der Waals surface area (Å²) >= 11 is 0. The highest BCUT2D eigenvalue weighted by Crippen LogP contribution is 2.13. The molecule has 116 valence electrons. The second kappa shape index (κ2) is 7.85. The molecule has 0 fully saturated rings. The van der Waals surface area contributed by atoms with Gasteiger partial charge < -0.3 is 15.5 Å². The number of aliphatic hydroxyl groups is 1. The van der Waals surface area contributed by atoms with Gasteiger partial charge in [0.15, 0.2) is 5.78 Å². The van der Waals surface area contributed by atoms with Crippen LogP contribution >= 0.6 is 0 Å². The number of ketones is 1. The van der Waals surface area contributed by atoms with Crippen molar-refractivity contribution < 1.29 is 24.2 Å². The Hall–Kier alpha value is -1.79. The molecule has 0 aliphatic carbocycles. The molecule has 0 saturated carbocycles. The molecule has 1 aromatic carbocycles. The minimum absolute atomic E-state index is 0.192. The number of carbonyl (C=O) groups excluding carboxylic acids is 1. The van der Waals surface area contributed by atoms with Gasteiger partial charge in [0.1, 0.15) is 5.82 Å². The molecule has 2 unspecified atom stereocenters. The first-order valence-electron chi connectivity index (χ1n) is 6.78. The van der Waals surface area contributed by atoms with E-state index in [2.05, 4.69) is 5.32 Å². The zero-order valence-electron chi connectivity index (χ0n) is 12.1. The number of aryl methyl sites for hydroxylation is 1. The summed E-state index contributed by atoms with van der Waals surface area (Å²) in [6.07, 6.45) is 0.161. The summed E-state index contributed by atoms with van der Waals surface area (Å²) in [7, 11) is 0. The maximum Gasteiger partial charge on any atom is 0.305 e. The number of hydrogen-bond acceptors (Lipinski definition) is 4. The van der Waals surface area contributed by atoms with E-state index in [1.165, 1.54) is 25.1 Å². The molecule has 0 spiro atoms. The van der Waals surface area contributed by atoms with E-state index in [0.29, 0.717) is 12.0 Å². The lowest BCUT2D eigenvalue weighted by Crippen LogP contribution is -2.46. The molecule has 21 heavy (non-hydrogen) atoms. The van der Waals surface area contributed by atoms with Gasteiger partial charge in [0.2, 0.25) is 0 Å². The molecule has 3 N–H and O–H groups in total. The zero-order valence-corrected chi connectivity index (χ0v) is 12.1. The fourth-order valence-electron chi connectivity index (χ4n) is 1.99. The molecule has 0 aliphatic rings. The summed E-state index contributed by atoms with van der Waals surface area (Å²) in [4.78, 5) is 23.3. The van der Waals surface area contributed by atoms with Crippen LogP contribution in [0.5, 0.6) is 0 Å². The van der Waals surface area contributed by atoms with Gasteiger partial charge in [-0.15, -0.1) is 0 Å². The first-order chi connectivity index (χ1) is 9.88. The van der Waals surface area contributed by atoms with Crippen molar-refractivity contribution in [2.75, 3.05) is 6.61 Å². The minimum Gasteiger partial charge on any atom is -0.481 e. The minimum atomic E-state index is -1.12. The molecule has 0 amide bonds. The van der Waals surface area contributed by atoms with Crippen molar-refractivity contribution in [2.45, 2.75) is 38.8 Å². The number of benzene rings is 1. The summed E-state index contributed by atoms with van der Waals surface area (Å²) in [5, 5.41) is 20.9. The van der Waals surface area contributed by atoms with E-state index in [9.17, 15) is 19.1 Å². The second-order valence-electron chi connectivity index (χ2n) is 4.93. The van der Waals surface area contributed by atoms with Crippen LogP contribution < -0.4 is 5.32 Å². The third-order valence-corrected chi connectivity index (χ3v) is 3.29. The lowest BCUT2D eigenvalue weighted by atomic mass is 9.98. The Bertz CT molecular complexity index is 514. The monoisotopic (exact) mass is 297 g/mol. The number of Topliss-reactive ketones (excluding diaryl/α,β-unsaturated/α-hetero) is 1. The Kier molecular flexibility index (Phi) is 6.45. The molecule has 0 radical (unpaired) electrons. The average molecular weight is 297 g/mol. The summed E-state index contributed by atoms with van der Waals surface area (Å²) in [6.45, 7) is 3.16. The van der Waals surface area contributed by atoms with Crippen LogP contribution in [0, 0.1) is 12.7 Å². The molecule has 1 rings (SSSR count). The lowest BCUT2D eigenvalue weighted by Gasteiger charge is -2.22. The van der Waals surface area contributed by atoms with Crippen molar-refractivity contribution in [1.82, 2.24) is 5.32 Å². The molecule has 6 heteroatoms. The molecule has 5 nitrogen and oxygen atoms in total. The number of aliphatic carboxylic acids is 1. The first kappa shape index (κ1) is 17.3. The van der Waals surface area contributed by atoms with Crippen LogP contribution in [0.4, 0.5) is 4.39 Å². The number of carboxylic acids is 1. The van der Waals surface area contributed by atoms with E-state index >= 15 is 0 Å². The molecule has 0 aliphatic heterocycles. The van der Waals surface area contributed by atoms with Crippen molar-refractivity contribution >= 4 is 11.8 Å². The van der Waals surface area contributed by atoms with E-state index < -0.39 is 30.0 Å². The highest BCUT2D eigenvalue weighted by Gasteiger charge is 2.25. The highest BCUT2D eigenvalue weighted by atomic mass is 19.1. The molecular formula is C15H20FNO4. The van der Waals surface area contributed by atoms with Crippen molar-refractivity contribution in [3.05, 3.63) is 35.1 Å². The normalized spacial score (nSPS) is 13.7. The van der Waals surface area contributed by atoms with Crippen LogP contribution in [0.3, 0.4) is 0 Å². The van der Waals surface area contributed by atoms with E-state index in [-0.39, 0.29) is 18.2 Å². The van der Waals surface area contributed by atoms with Crippen molar-refractivity contribution in [1.29, 1.82) is 0 Å². The van der Waals surface area contributed by atoms with Crippen LogP contribution in [-0.2, 0) is 4.79 Å². The predicted molar refractivity (Wildman–Crippen MR) is 75.8 cm³/mol. The Labute approximate surface area is 122 Å². The molecule has 0 heterocycles. The van der Waals surface area contributed by atoms with Crippen molar-refractivity contribution in [2.24, 2.45) is 0 Å². The van der Waals surface area contributed by atoms with Gasteiger partial charge in [-0.2, -0.15) is 0 Å². The third kappa shape index (κ3) is 4.91. The molecule has 2 atom stereocenters. The number of aliphatic hydroxyl groups excluding tert-OH is 1. The fraction of sp³-hybridized carbons (Fsp3) is 0.467. The van der Waals surface area contributed by atoms with E-state index in [1.807, 2.05) is 6.92 Å². The Morgan fingerprint density at radius 1 is 1.38 bits per heavy atom. The van der Waals surface area contributed by atoms with Crippen molar-refractivity contribution in [3.63, 3.8) is 0 Å². The average Bonchev–Trinajstić information content (AvgIpc) is 2.45. The van der Waals surface area contributed by atoms with Crippen LogP contribution in [0.1, 0.15) is 35.7 Å². The van der Waals surface area contributed by atoms with Gasteiger partial charge in [-0.1, -0.05) is 6.92 Å². The number of halogens is 1. The first-order valence-corrected chi connectivity index (χ1v) is 6.78. The van der Waals surface area contributed by atoms with Crippen LogP contribution in [0.15, 0.2) is 18.2 Å². The third-order valence-electron chi connectivity index (χ3n) is 3.29. The second-order valence-corrected chi connectivity index (χ2v) is 4.93. The molecular weight excluding hydrogens is 277 g/mol. The molecule has 0 saturated heterocycles. The van der Waals surface area contributed by atoms with Gasteiger partial charge in [-0.05, 0) is 37.1 Å². The number of hydrogen-bond donors (Lipinski definition) is 3. The number of carbonyl (C=O) groups is 2. The standard InChI is InChI=1S/C15H20FNO4/c1-3-11(8-18)17-13(7-14(19)20)15(21)10-4-5-12(16)9(2)6-10/h4-6,11,13,17-18H,3,7-8H2,1-2H3,(H,19,20). The topological polar surface area (TPSA) is 86.6 Å². The maximum absolute atomic E-state index is 13.2. The Balaban J connectivity index is 2.97. The molecule has 0 aromatic heterocycles. The zero-order chi connectivity index (χ0) is 16.0. The SMILES string of the molecule is CCC(CO)NC(CC(=O)O)C(=O)c1ccc(F)c(C)c1. The van der Waals surface area contributed by atoms with Gasteiger partial charge in [0.05, 0.1) is 19.1 Å². The summed E-state index contributed by atoms with van der Waals surface area (Å²) in [6, 6.07) is 2.60. The maximum atomic E-state index is 13.2.